The van der Waals surface area contributed by atoms with Crippen LogP contribution >= 0.6 is 0 Å². The summed E-state index contributed by atoms with van der Waals surface area (Å²) in [4.78, 5) is 14.7. The van der Waals surface area contributed by atoms with Crippen LogP contribution in [-0.4, -0.2) is 52.3 Å². The summed E-state index contributed by atoms with van der Waals surface area (Å²) >= 11 is 0. The fourth-order valence-electron chi connectivity index (χ4n) is 3.82. The van der Waals surface area contributed by atoms with Crippen molar-refractivity contribution < 1.29 is 14.4 Å². The lowest BCUT2D eigenvalue weighted by Crippen LogP contribution is -2.52. The van der Waals surface area contributed by atoms with Crippen molar-refractivity contribution in [1.82, 2.24) is 15.4 Å². The second kappa shape index (κ2) is 7.66. The second-order valence-corrected chi connectivity index (χ2v) is 7.47. The lowest BCUT2D eigenvalue weighted by atomic mass is 9.89. The number of aliphatic hydroxyl groups excluding tert-OH is 1. The number of aliphatic hydroxyl groups is 1. The van der Waals surface area contributed by atoms with Gasteiger partial charge in [0.1, 0.15) is 5.76 Å². The summed E-state index contributed by atoms with van der Waals surface area (Å²) in [6.45, 7) is 5.89. The van der Waals surface area contributed by atoms with E-state index in [-0.39, 0.29) is 24.0 Å². The molecule has 1 aliphatic carbocycles. The predicted octanol–water partition coefficient (Wildman–Crippen LogP) is 2.30. The van der Waals surface area contributed by atoms with Crippen LogP contribution in [0.15, 0.2) is 10.6 Å². The zero-order valence-corrected chi connectivity index (χ0v) is 14.7. The van der Waals surface area contributed by atoms with E-state index in [2.05, 4.69) is 15.4 Å². The van der Waals surface area contributed by atoms with E-state index < -0.39 is 0 Å². The number of likely N-dealkylation sites (tertiary alicyclic amines) is 1. The smallest absolute Gasteiger partial charge is 0.273 e. The Bertz CT molecular complexity index is 549. The molecule has 134 valence electrons. The number of aromatic nitrogens is 1. The first-order chi connectivity index (χ1) is 11.5. The fraction of sp³-hybridized carbons (Fsp3) is 0.778. The molecule has 2 heterocycles. The minimum atomic E-state index is -0.186. The van der Waals surface area contributed by atoms with Crippen LogP contribution in [0, 0.1) is 0 Å². The van der Waals surface area contributed by atoms with Gasteiger partial charge >= 0.3 is 0 Å². The van der Waals surface area contributed by atoms with Gasteiger partial charge in [0.25, 0.3) is 5.91 Å². The Morgan fingerprint density at radius 2 is 2.00 bits per heavy atom. The maximum absolute atomic E-state index is 12.3. The van der Waals surface area contributed by atoms with Crippen molar-refractivity contribution >= 4 is 5.91 Å². The number of hydrogen-bond acceptors (Lipinski definition) is 5. The molecule has 2 fully saturated rings. The van der Waals surface area contributed by atoms with Crippen molar-refractivity contribution in [3.05, 3.63) is 17.5 Å². The lowest BCUT2D eigenvalue weighted by molar-refractivity contribution is 0.00725. The highest BCUT2D eigenvalue weighted by molar-refractivity contribution is 5.92. The van der Waals surface area contributed by atoms with E-state index in [1.165, 1.54) is 6.42 Å². The van der Waals surface area contributed by atoms with Crippen LogP contribution in [0.1, 0.15) is 74.5 Å². The van der Waals surface area contributed by atoms with E-state index >= 15 is 0 Å². The van der Waals surface area contributed by atoms with Crippen molar-refractivity contribution in [2.24, 2.45) is 0 Å². The van der Waals surface area contributed by atoms with E-state index in [1.54, 1.807) is 6.07 Å². The normalized spacial score (nSPS) is 26.7. The lowest BCUT2D eigenvalue weighted by Gasteiger charge is -2.41. The van der Waals surface area contributed by atoms with Crippen molar-refractivity contribution in [1.29, 1.82) is 0 Å². The van der Waals surface area contributed by atoms with Gasteiger partial charge in [0.05, 0.1) is 6.10 Å². The molecule has 1 aliphatic heterocycles. The molecule has 1 amide bonds. The molecule has 0 spiro atoms. The minimum absolute atomic E-state index is 0.151. The fourth-order valence-corrected chi connectivity index (χ4v) is 3.82. The summed E-state index contributed by atoms with van der Waals surface area (Å²) in [6.07, 6.45) is 6.02. The molecular weight excluding hydrogens is 306 g/mol. The van der Waals surface area contributed by atoms with E-state index in [4.69, 9.17) is 4.52 Å². The summed E-state index contributed by atoms with van der Waals surface area (Å²) in [5.41, 5.74) is 0.365. The number of amides is 1. The molecule has 2 N–H and O–H groups in total. The molecule has 1 saturated carbocycles. The number of nitrogens with zero attached hydrogens (tertiary/aromatic N) is 2. The standard InChI is InChI=1S/C18H29N3O3/c1-12(2)17-11-14(20-24-17)18(23)19-13-7-9-21(10-8-13)15-5-3-4-6-16(15)22/h11-13,15-16,22H,3-10H2,1-2H3,(H,19,23). The number of carbonyl (C=O) groups is 1. The molecular formula is C18H29N3O3. The number of piperidine rings is 1. The van der Waals surface area contributed by atoms with Crippen LogP contribution in [0.3, 0.4) is 0 Å². The van der Waals surface area contributed by atoms with Gasteiger partial charge in [-0.3, -0.25) is 9.69 Å². The Hall–Kier alpha value is -1.40. The minimum Gasteiger partial charge on any atom is -0.391 e. The van der Waals surface area contributed by atoms with Crippen molar-refractivity contribution in [2.45, 2.75) is 76.5 Å². The summed E-state index contributed by atoms with van der Waals surface area (Å²) in [6, 6.07) is 2.21. The van der Waals surface area contributed by atoms with E-state index in [9.17, 15) is 9.90 Å². The number of nitrogens with one attached hydrogen (secondary N) is 1. The molecule has 0 radical (unpaired) electrons. The van der Waals surface area contributed by atoms with Crippen molar-refractivity contribution in [3.63, 3.8) is 0 Å². The Labute approximate surface area is 143 Å². The van der Waals surface area contributed by atoms with Gasteiger partial charge in [-0.25, -0.2) is 0 Å². The largest absolute Gasteiger partial charge is 0.391 e. The molecule has 1 aromatic rings. The third-order valence-electron chi connectivity index (χ3n) is 5.36. The number of hydrogen-bond donors (Lipinski definition) is 2. The Kier molecular flexibility index (Phi) is 5.56. The molecule has 0 bridgehead atoms. The maximum Gasteiger partial charge on any atom is 0.273 e. The van der Waals surface area contributed by atoms with Crippen LogP contribution in [0.5, 0.6) is 0 Å². The highest BCUT2D eigenvalue weighted by Gasteiger charge is 2.32. The average molecular weight is 335 g/mol. The second-order valence-electron chi connectivity index (χ2n) is 7.47. The first-order valence-corrected chi connectivity index (χ1v) is 9.24. The average Bonchev–Trinajstić information content (AvgIpc) is 3.07. The molecule has 2 unspecified atom stereocenters. The van der Waals surface area contributed by atoms with Crippen LogP contribution in [0.2, 0.25) is 0 Å². The van der Waals surface area contributed by atoms with Crippen LogP contribution in [0.25, 0.3) is 0 Å². The van der Waals surface area contributed by atoms with E-state index in [0.717, 1.165) is 51.0 Å². The zero-order valence-electron chi connectivity index (χ0n) is 14.7. The highest BCUT2D eigenvalue weighted by Crippen LogP contribution is 2.26. The van der Waals surface area contributed by atoms with Gasteiger partial charge in [-0.2, -0.15) is 0 Å². The van der Waals surface area contributed by atoms with Gasteiger partial charge in [-0.05, 0) is 25.7 Å². The molecule has 0 aromatic carbocycles. The zero-order chi connectivity index (χ0) is 17.1. The summed E-state index contributed by atoms with van der Waals surface area (Å²) in [5.74, 6) is 0.812. The van der Waals surface area contributed by atoms with Gasteiger partial charge in [0.2, 0.25) is 0 Å². The molecule has 2 atom stereocenters. The van der Waals surface area contributed by atoms with Crippen LogP contribution in [-0.2, 0) is 0 Å². The van der Waals surface area contributed by atoms with Crippen LogP contribution in [0.4, 0.5) is 0 Å². The monoisotopic (exact) mass is 335 g/mol. The first-order valence-electron chi connectivity index (χ1n) is 9.24. The summed E-state index contributed by atoms with van der Waals surface area (Å²) < 4.78 is 5.20. The van der Waals surface area contributed by atoms with Gasteiger partial charge in [-0.15, -0.1) is 0 Å². The molecule has 1 aromatic heterocycles. The number of carbonyl (C=O) groups excluding carboxylic acids is 1. The molecule has 3 rings (SSSR count). The van der Waals surface area contributed by atoms with E-state index in [1.807, 2.05) is 13.8 Å². The number of rotatable bonds is 4. The summed E-state index contributed by atoms with van der Waals surface area (Å²) in [7, 11) is 0. The van der Waals surface area contributed by atoms with Gasteiger partial charge < -0.3 is 14.9 Å². The Morgan fingerprint density at radius 1 is 1.29 bits per heavy atom. The first kappa shape index (κ1) is 17.4. The van der Waals surface area contributed by atoms with E-state index in [0.29, 0.717) is 11.7 Å². The van der Waals surface area contributed by atoms with Crippen molar-refractivity contribution in [2.75, 3.05) is 13.1 Å². The Balaban J connectivity index is 1.48. The molecule has 2 aliphatic rings. The molecule has 24 heavy (non-hydrogen) atoms. The topological polar surface area (TPSA) is 78.6 Å². The molecule has 1 saturated heterocycles. The predicted molar refractivity (Wildman–Crippen MR) is 90.9 cm³/mol. The Morgan fingerprint density at radius 3 is 2.62 bits per heavy atom. The summed E-state index contributed by atoms with van der Waals surface area (Å²) in [5, 5.41) is 17.1. The van der Waals surface area contributed by atoms with Gasteiger partial charge in [-0.1, -0.05) is 31.8 Å². The highest BCUT2D eigenvalue weighted by atomic mass is 16.5. The SMILES string of the molecule is CC(C)c1cc(C(=O)NC2CCN(C3CCCCC3O)CC2)no1. The van der Waals surface area contributed by atoms with Gasteiger partial charge in [0, 0.05) is 37.2 Å². The third kappa shape index (κ3) is 3.98. The molecule has 6 heteroatoms. The van der Waals surface area contributed by atoms with Gasteiger partial charge in [0.15, 0.2) is 5.69 Å². The maximum atomic E-state index is 12.3. The van der Waals surface area contributed by atoms with Crippen molar-refractivity contribution in [3.8, 4) is 0 Å². The molecule has 6 nitrogen and oxygen atoms in total. The third-order valence-corrected chi connectivity index (χ3v) is 5.36. The van der Waals surface area contributed by atoms with Crippen LogP contribution < -0.4 is 5.32 Å². The quantitative estimate of drug-likeness (QED) is 0.883.